The molecule has 1 saturated carbocycles. The SMILES string of the molecule is CNC(c1ccc(C2CCCCC2)cc1)C1CCCO1. The molecule has 0 radical (unpaired) electrons. The summed E-state index contributed by atoms with van der Waals surface area (Å²) >= 11 is 0. The number of hydrogen-bond acceptors (Lipinski definition) is 2. The van der Waals surface area contributed by atoms with E-state index in [2.05, 4.69) is 29.6 Å². The summed E-state index contributed by atoms with van der Waals surface area (Å²) in [7, 11) is 2.04. The van der Waals surface area contributed by atoms with Crippen molar-refractivity contribution < 1.29 is 4.74 Å². The summed E-state index contributed by atoms with van der Waals surface area (Å²) in [6.07, 6.45) is 9.71. The topological polar surface area (TPSA) is 21.3 Å². The third-order valence-electron chi connectivity index (χ3n) is 5.02. The van der Waals surface area contributed by atoms with Crippen molar-refractivity contribution in [1.82, 2.24) is 5.32 Å². The van der Waals surface area contributed by atoms with Gasteiger partial charge in [-0.15, -0.1) is 0 Å². The molecule has 2 atom stereocenters. The average molecular weight is 273 g/mol. The highest BCUT2D eigenvalue weighted by Crippen LogP contribution is 2.34. The number of benzene rings is 1. The third kappa shape index (κ3) is 3.07. The lowest BCUT2D eigenvalue weighted by Crippen LogP contribution is -2.28. The molecule has 1 saturated heterocycles. The van der Waals surface area contributed by atoms with Crippen molar-refractivity contribution in [3.05, 3.63) is 35.4 Å². The van der Waals surface area contributed by atoms with E-state index in [4.69, 9.17) is 4.74 Å². The van der Waals surface area contributed by atoms with Crippen LogP contribution in [0.5, 0.6) is 0 Å². The number of rotatable bonds is 4. The molecule has 1 heterocycles. The summed E-state index contributed by atoms with van der Waals surface area (Å²) in [6, 6.07) is 9.67. The third-order valence-corrected chi connectivity index (χ3v) is 5.02. The zero-order chi connectivity index (χ0) is 13.8. The predicted molar refractivity (Wildman–Crippen MR) is 83.0 cm³/mol. The summed E-state index contributed by atoms with van der Waals surface area (Å²) in [5, 5.41) is 3.43. The van der Waals surface area contributed by atoms with Crippen LogP contribution in [-0.4, -0.2) is 19.8 Å². The molecule has 1 aromatic rings. The van der Waals surface area contributed by atoms with Crippen LogP contribution in [0, 0.1) is 0 Å². The Labute approximate surface area is 122 Å². The van der Waals surface area contributed by atoms with E-state index in [-0.39, 0.29) is 0 Å². The van der Waals surface area contributed by atoms with E-state index in [1.807, 2.05) is 7.05 Å². The summed E-state index contributed by atoms with van der Waals surface area (Å²) in [5.41, 5.74) is 2.91. The van der Waals surface area contributed by atoms with Gasteiger partial charge in [-0.2, -0.15) is 0 Å². The lowest BCUT2D eigenvalue weighted by atomic mass is 9.83. The second-order valence-electron chi connectivity index (χ2n) is 6.32. The van der Waals surface area contributed by atoms with Gasteiger partial charge in [0.2, 0.25) is 0 Å². The van der Waals surface area contributed by atoms with Crippen molar-refractivity contribution in [2.24, 2.45) is 0 Å². The zero-order valence-electron chi connectivity index (χ0n) is 12.6. The lowest BCUT2D eigenvalue weighted by molar-refractivity contribution is 0.0807. The van der Waals surface area contributed by atoms with Gasteiger partial charge in [0, 0.05) is 6.61 Å². The minimum atomic E-state index is 0.345. The maximum Gasteiger partial charge on any atom is 0.0770 e. The highest BCUT2D eigenvalue weighted by atomic mass is 16.5. The van der Waals surface area contributed by atoms with Gasteiger partial charge in [-0.05, 0) is 49.8 Å². The van der Waals surface area contributed by atoms with Gasteiger partial charge < -0.3 is 10.1 Å². The van der Waals surface area contributed by atoms with Gasteiger partial charge in [-0.3, -0.25) is 0 Å². The van der Waals surface area contributed by atoms with Crippen LogP contribution >= 0.6 is 0 Å². The van der Waals surface area contributed by atoms with Crippen molar-refractivity contribution in [1.29, 1.82) is 0 Å². The molecule has 1 aliphatic carbocycles. The van der Waals surface area contributed by atoms with Crippen LogP contribution in [0.4, 0.5) is 0 Å². The maximum absolute atomic E-state index is 5.84. The van der Waals surface area contributed by atoms with Gasteiger partial charge in [0.05, 0.1) is 12.1 Å². The molecule has 2 fully saturated rings. The minimum absolute atomic E-state index is 0.345. The Hall–Kier alpha value is -0.860. The molecular weight excluding hydrogens is 246 g/mol. The Bertz CT molecular complexity index is 402. The number of nitrogens with one attached hydrogen (secondary N) is 1. The minimum Gasteiger partial charge on any atom is -0.376 e. The first-order valence-electron chi connectivity index (χ1n) is 8.27. The van der Waals surface area contributed by atoms with E-state index in [0.717, 1.165) is 12.5 Å². The van der Waals surface area contributed by atoms with E-state index in [1.54, 1.807) is 0 Å². The fourth-order valence-electron chi connectivity index (χ4n) is 3.84. The Kier molecular flexibility index (Phi) is 4.74. The molecule has 2 nitrogen and oxygen atoms in total. The molecule has 1 aromatic carbocycles. The van der Waals surface area contributed by atoms with Gasteiger partial charge in [0.1, 0.15) is 0 Å². The standard InChI is InChI=1S/C18H27NO/c1-19-18(17-8-5-13-20-17)16-11-9-15(10-12-16)14-6-3-2-4-7-14/h9-12,14,17-19H,2-8,13H2,1H3. The molecule has 2 unspecified atom stereocenters. The van der Waals surface area contributed by atoms with Crippen LogP contribution in [0.1, 0.15) is 68.0 Å². The first kappa shape index (κ1) is 14.1. The largest absolute Gasteiger partial charge is 0.376 e. The van der Waals surface area contributed by atoms with Gasteiger partial charge >= 0.3 is 0 Å². The number of likely N-dealkylation sites (N-methyl/N-ethyl adjacent to an activating group) is 1. The predicted octanol–water partition coefficient (Wildman–Crippen LogP) is 4.17. The highest BCUT2D eigenvalue weighted by molar-refractivity contribution is 5.28. The average Bonchev–Trinajstić information content (AvgIpc) is 3.04. The first-order valence-corrected chi connectivity index (χ1v) is 8.27. The molecule has 20 heavy (non-hydrogen) atoms. The Morgan fingerprint density at radius 1 is 1.00 bits per heavy atom. The molecule has 3 rings (SSSR count). The van der Waals surface area contributed by atoms with E-state index in [9.17, 15) is 0 Å². The molecule has 2 heteroatoms. The first-order chi connectivity index (χ1) is 9.88. The molecule has 0 spiro atoms. The van der Waals surface area contributed by atoms with Gasteiger partial charge in [-0.1, -0.05) is 43.5 Å². The molecule has 1 aliphatic heterocycles. The second-order valence-corrected chi connectivity index (χ2v) is 6.32. The Balaban J connectivity index is 1.70. The van der Waals surface area contributed by atoms with E-state index >= 15 is 0 Å². The van der Waals surface area contributed by atoms with Gasteiger partial charge in [-0.25, -0.2) is 0 Å². The monoisotopic (exact) mass is 273 g/mol. The highest BCUT2D eigenvalue weighted by Gasteiger charge is 2.26. The van der Waals surface area contributed by atoms with Crippen LogP contribution in [-0.2, 0) is 4.74 Å². The molecule has 0 bridgehead atoms. The van der Waals surface area contributed by atoms with E-state index in [1.165, 1.54) is 56.1 Å². The van der Waals surface area contributed by atoms with Crippen molar-refractivity contribution in [3.8, 4) is 0 Å². The lowest BCUT2D eigenvalue weighted by Gasteiger charge is -2.25. The van der Waals surface area contributed by atoms with Gasteiger partial charge in [0.15, 0.2) is 0 Å². The summed E-state index contributed by atoms with van der Waals surface area (Å²) < 4.78 is 5.84. The second kappa shape index (κ2) is 6.73. The molecule has 1 N–H and O–H groups in total. The van der Waals surface area contributed by atoms with E-state index in [0.29, 0.717) is 12.1 Å². The quantitative estimate of drug-likeness (QED) is 0.889. The summed E-state index contributed by atoms with van der Waals surface area (Å²) in [6.45, 7) is 0.920. The zero-order valence-corrected chi connectivity index (χ0v) is 12.6. The van der Waals surface area contributed by atoms with Crippen molar-refractivity contribution in [2.45, 2.75) is 63.0 Å². The maximum atomic E-state index is 5.84. The van der Waals surface area contributed by atoms with E-state index < -0.39 is 0 Å². The summed E-state index contributed by atoms with van der Waals surface area (Å²) in [4.78, 5) is 0. The van der Waals surface area contributed by atoms with Crippen LogP contribution < -0.4 is 5.32 Å². The Morgan fingerprint density at radius 2 is 1.75 bits per heavy atom. The normalized spacial score (nSPS) is 25.8. The number of ether oxygens (including phenoxy) is 1. The molecule has 110 valence electrons. The van der Waals surface area contributed by atoms with Crippen molar-refractivity contribution in [2.75, 3.05) is 13.7 Å². The number of hydrogen-bond donors (Lipinski definition) is 1. The van der Waals surface area contributed by atoms with Crippen LogP contribution in [0.25, 0.3) is 0 Å². The molecular formula is C18H27NO. The van der Waals surface area contributed by atoms with Crippen LogP contribution in [0.2, 0.25) is 0 Å². The van der Waals surface area contributed by atoms with Crippen LogP contribution in [0.3, 0.4) is 0 Å². The smallest absolute Gasteiger partial charge is 0.0770 e. The fraction of sp³-hybridized carbons (Fsp3) is 0.667. The van der Waals surface area contributed by atoms with Crippen molar-refractivity contribution in [3.63, 3.8) is 0 Å². The van der Waals surface area contributed by atoms with Crippen molar-refractivity contribution >= 4 is 0 Å². The van der Waals surface area contributed by atoms with Gasteiger partial charge in [0.25, 0.3) is 0 Å². The molecule has 2 aliphatic rings. The summed E-state index contributed by atoms with van der Waals surface area (Å²) in [5.74, 6) is 0.800. The molecule has 0 aromatic heterocycles. The van der Waals surface area contributed by atoms with Crippen LogP contribution in [0.15, 0.2) is 24.3 Å². The Morgan fingerprint density at radius 3 is 2.35 bits per heavy atom. The fourth-order valence-corrected chi connectivity index (χ4v) is 3.84. The molecule has 0 amide bonds.